The van der Waals surface area contributed by atoms with Crippen molar-refractivity contribution in [3.05, 3.63) is 76.3 Å². The fourth-order valence-electron chi connectivity index (χ4n) is 2.95. The molecule has 2 aromatic heterocycles. The Bertz CT molecular complexity index is 1250. The zero-order valence-corrected chi connectivity index (χ0v) is 14.3. The number of rotatable bonds is 4. The molecule has 3 N–H and O–H groups in total. The summed E-state index contributed by atoms with van der Waals surface area (Å²) in [5, 5.41) is 20.7. The van der Waals surface area contributed by atoms with E-state index in [4.69, 9.17) is 10.2 Å². The summed E-state index contributed by atoms with van der Waals surface area (Å²) in [4.78, 5) is 26.5. The van der Waals surface area contributed by atoms with Gasteiger partial charge < -0.3 is 15.3 Å². The molecule has 0 atom stereocenters. The average Bonchev–Trinajstić information content (AvgIpc) is 3.16. The first-order chi connectivity index (χ1) is 13.4. The highest BCUT2D eigenvalue weighted by atomic mass is 16.6. The molecule has 4 aromatic rings. The van der Waals surface area contributed by atoms with Gasteiger partial charge in [-0.2, -0.15) is 0 Å². The van der Waals surface area contributed by atoms with Crippen molar-refractivity contribution in [3.8, 4) is 22.8 Å². The predicted molar refractivity (Wildman–Crippen MR) is 103 cm³/mol. The number of hydrogen-bond donors (Lipinski definition) is 2. The van der Waals surface area contributed by atoms with Crippen LogP contribution in [0.3, 0.4) is 0 Å². The van der Waals surface area contributed by atoms with E-state index in [0.29, 0.717) is 28.4 Å². The number of furan rings is 1. The molecule has 8 nitrogen and oxygen atoms in total. The minimum Gasteiger partial charge on any atom is -0.478 e. The summed E-state index contributed by atoms with van der Waals surface area (Å²) < 4.78 is 5.84. The minimum atomic E-state index is -1.21. The second-order valence-corrected chi connectivity index (χ2v) is 6.11. The van der Waals surface area contributed by atoms with Crippen molar-refractivity contribution in [2.75, 3.05) is 5.73 Å². The number of benzene rings is 2. The summed E-state index contributed by atoms with van der Waals surface area (Å²) in [7, 11) is 0. The second-order valence-electron chi connectivity index (χ2n) is 6.11. The van der Waals surface area contributed by atoms with Crippen LogP contribution in [0.25, 0.3) is 33.7 Å². The van der Waals surface area contributed by atoms with Crippen LogP contribution in [0.1, 0.15) is 10.4 Å². The van der Waals surface area contributed by atoms with E-state index >= 15 is 0 Å². The van der Waals surface area contributed by atoms with E-state index in [-0.39, 0.29) is 16.6 Å². The van der Waals surface area contributed by atoms with Crippen LogP contribution in [0.5, 0.6) is 0 Å². The number of hydrogen-bond acceptors (Lipinski definition) is 6. The Kier molecular flexibility index (Phi) is 4.00. The first kappa shape index (κ1) is 17.2. The van der Waals surface area contributed by atoms with Crippen LogP contribution in [-0.4, -0.2) is 21.0 Å². The lowest BCUT2D eigenvalue weighted by Gasteiger charge is -2.05. The normalized spacial score (nSPS) is 10.9. The number of pyridine rings is 1. The Morgan fingerprint density at radius 3 is 2.57 bits per heavy atom. The minimum absolute atomic E-state index is 0.0920. The Balaban J connectivity index is 1.84. The van der Waals surface area contributed by atoms with Gasteiger partial charge in [0.2, 0.25) is 0 Å². The van der Waals surface area contributed by atoms with Gasteiger partial charge in [-0.3, -0.25) is 10.1 Å². The summed E-state index contributed by atoms with van der Waals surface area (Å²) in [6, 6.07) is 15.8. The lowest BCUT2D eigenvalue weighted by Crippen LogP contribution is -2.01. The lowest BCUT2D eigenvalue weighted by atomic mass is 10.1. The molecule has 0 amide bonds. The average molecular weight is 375 g/mol. The molecule has 0 spiro atoms. The van der Waals surface area contributed by atoms with Crippen LogP contribution in [-0.2, 0) is 0 Å². The highest BCUT2D eigenvalue weighted by Crippen LogP contribution is 2.31. The first-order valence-corrected chi connectivity index (χ1v) is 8.21. The van der Waals surface area contributed by atoms with Gasteiger partial charge in [-0.25, -0.2) is 9.78 Å². The zero-order chi connectivity index (χ0) is 19.8. The topological polar surface area (TPSA) is 132 Å². The van der Waals surface area contributed by atoms with E-state index in [1.165, 1.54) is 24.3 Å². The van der Waals surface area contributed by atoms with Crippen LogP contribution < -0.4 is 5.73 Å². The van der Waals surface area contributed by atoms with Crippen LogP contribution >= 0.6 is 0 Å². The molecule has 0 aliphatic heterocycles. The Hall–Kier alpha value is -4.20. The van der Waals surface area contributed by atoms with E-state index < -0.39 is 10.9 Å². The third kappa shape index (κ3) is 3.03. The van der Waals surface area contributed by atoms with Crippen LogP contribution in [0.15, 0.2) is 65.1 Å². The van der Waals surface area contributed by atoms with E-state index in [2.05, 4.69) is 4.98 Å². The zero-order valence-electron chi connectivity index (χ0n) is 14.3. The fraction of sp³-hybridized carbons (Fsp3) is 0. The molecule has 8 heteroatoms. The van der Waals surface area contributed by atoms with Crippen LogP contribution in [0.2, 0.25) is 0 Å². The highest BCUT2D eigenvalue weighted by Gasteiger charge is 2.18. The number of carboxylic acids is 1. The van der Waals surface area contributed by atoms with E-state index in [1.807, 2.05) is 6.07 Å². The molecule has 0 aliphatic rings. The maximum Gasteiger partial charge on any atom is 0.336 e. The number of nitro groups is 1. The summed E-state index contributed by atoms with van der Waals surface area (Å²) in [5.41, 5.74) is 7.51. The molecular weight excluding hydrogens is 362 g/mol. The fourth-order valence-corrected chi connectivity index (χ4v) is 2.95. The predicted octanol–water partition coefficient (Wildman–Crippen LogP) is 4.35. The Morgan fingerprint density at radius 2 is 1.86 bits per heavy atom. The monoisotopic (exact) mass is 375 g/mol. The molecule has 28 heavy (non-hydrogen) atoms. The number of aromatic nitrogens is 1. The van der Waals surface area contributed by atoms with Gasteiger partial charge >= 0.3 is 5.97 Å². The number of non-ortho nitro benzene ring substituents is 1. The molecule has 0 saturated heterocycles. The highest BCUT2D eigenvalue weighted by molar-refractivity contribution is 6.04. The smallest absolute Gasteiger partial charge is 0.336 e. The molecule has 0 unspecified atom stereocenters. The number of nitrogens with zero attached hydrogens (tertiary/aromatic N) is 2. The molecule has 0 bridgehead atoms. The Labute approximate surface area is 158 Å². The van der Waals surface area contributed by atoms with Crippen LogP contribution in [0.4, 0.5) is 11.4 Å². The molecule has 0 fully saturated rings. The number of nitrogens with two attached hydrogens (primary N) is 1. The third-order valence-corrected chi connectivity index (χ3v) is 4.26. The summed E-state index contributed by atoms with van der Waals surface area (Å²) in [6.07, 6.45) is 0. The van der Waals surface area contributed by atoms with Gasteiger partial charge in [0.1, 0.15) is 11.5 Å². The number of fused-ring (bicyclic) bond motifs is 1. The van der Waals surface area contributed by atoms with Crippen molar-refractivity contribution in [3.63, 3.8) is 0 Å². The standard InChI is InChI=1S/C20H13N3O5/c21-12-3-1-2-11(8-12)18-6-7-19(28-18)17-10-15(20(24)25)14-9-13(23(26)27)4-5-16(14)22-17/h1-10H,21H2,(H,24,25). The molecule has 4 rings (SSSR count). The van der Waals surface area contributed by atoms with Crippen molar-refractivity contribution < 1.29 is 19.2 Å². The maximum atomic E-state index is 11.7. The number of carbonyl (C=O) groups is 1. The molecule has 2 aromatic carbocycles. The largest absolute Gasteiger partial charge is 0.478 e. The number of anilines is 1. The number of carboxylic acid groups (broad SMARTS) is 1. The van der Waals surface area contributed by atoms with Gasteiger partial charge in [-0.1, -0.05) is 12.1 Å². The molecule has 0 radical (unpaired) electrons. The summed E-state index contributed by atoms with van der Waals surface area (Å²) in [6.45, 7) is 0. The number of nitro benzene ring substituents is 1. The van der Waals surface area contributed by atoms with E-state index in [0.717, 1.165) is 5.56 Å². The second kappa shape index (κ2) is 6.51. The van der Waals surface area contributed by atoms with E-state index in [9.17, 15) is 20.0 Å². The van der Waals surface area contributed by atoms with Crippen molar-refractivity contribution in [1.29, 1.82) is 0 Å². The first-order valence-electron chi connectivity index (χ1n) is 8.21. The van der Waals surface area contributed by atoms with Gasteiger partial charge in [-0.05, 0) is 36.4 Å². The SMILES string of the molecule is Nc1cccc(-c2ccc(-c3cc(C(=O)O)c4cc([N+](=O)[O-])ccc4n3)o2)c1. The molecule has 0 saturated carbocycles. The summed E-state index contributed by atoms with van der Waals surface area (Å²) in [5.74, 6) is -0.276. The van der Waals surface area contributed by atoms with Crippen molar-refractivity contribution in [2.24, 2.45) is 0 Å². The Morgan fingerprint density at radius 1 is 1.07 bits per heavy atom. The van der Waals surface area contributed by atoms with Gasteiger partial charge in [-0.15, -0.1) is 0 Å². The maximum absolute atomic E-state index is 11.7. The third-order valence-electron chi connectivity index (χ3n) is 4.26. The summed E-state index contributed by atoms with van der Waals surface area (Å²) >= 11 is 0. The molecular formula is C20H13N3O5. The van der Waals surface area contributed by atoms with Crippen molar-refractivity contribution in [2.45, 2.75) is 0 Å². The van der Waals surface area contributed by atoms with Gasteiger partial charge in [0.05, 0.1) is 16.0 Å². The van der Waals surface area contributed by atoms with Crippen molar-refractivity contribution >= 4 is 28.2 Å². The van der Waals surface area contributed by atoms with E-state index in [1.54, 1.807) is 30.3 Å². The van der Waals surface area contributed by atoms with Gasteiger partial charge in [0.15, 0.2) is 5.76 Å². The van der Waals surface area contributed by atoms with Gasteiger partial charge in [0.25, 0.3) is 5.69 Å². The number of nitrogen functional groups attached to an aromatic ring is 1. The molecule has 2 heterocycles. The quantitative estimate of drug-likeness (QED) is 0.308. The lowest BCUT2D eigenvalue weighted by molar-refractivity contribution is -0.384. The molecule has 138 valence electrons. The van der Waals surface area contributed by atoms with Gasteiger partial charge in [0, 0.05) is 28.8 Å². The molecule has 0 aliphatic carbocycles. The van der Waals surface area contributed by atoms with Crippen molar-refractivity contribution in [1.82, 2.24) is 4.98 Å². The van der Waals surface area contributed by atoms with Crippen LogP contribution in [0, 0.1) is 10.1 Å². The number of aromatic carboxylic acids is 1.